The summed E-state index contributed by atoms with van der Waals surface area (Å²) in [6.07, 6.45) is 0. The summed E-state index contributed by atoms with van der Waals surface area (Å²) < 4.78 is 9.96. The number of methoxy groups -OCH3 is 1. The maximum Gasteiger partial charge on any atom is 0.325 e. The summed E-state index contributed by atoms with van der Waals surface area (Å²) in [7, 11) is 1.63. The number of rotatable bonds is 5. The maximum absolute atomic E-state index is 11.1. The summed E-state index contributed by atoms with van der Waals surface area (Å²) in [6, 6.07) is 5.66. The molecule has 0 amide bonds. The second-order valence-electron chi connectivity index (χ2n) is 3.34. The number of anilines is 1. The number of aryl methyl sites for hydroxylation is 1. The first-order valence-electron chi connectivity index (χ1n) is 5.21. The third-order valence-electron chi connectivity index (χ3n) is 2.14. The molecule has 4 heteroatoms. The van der Waals surface area contributed by atoms with Crippen LogP contribution in [0.4, 0.5) is 5.69 Å². The van der Waals surface area contributed by atoms with Gasteiger partial charge in [0.05, 0.1) is 13.7 Å². The average Bonchev–Trinajstić information content (AvgIpc) is 2.27. The highest BCUT2D eigenvalue weighted by Gasteiger charge is 2.03. The molecule has 0 saturated heterocycles. The first-order valence-corrected chi connectivity index (χ1v) is 5.21. The molecular formula is C12H17NO3. The Morgan fingerprint density at radius 2 is 2.19 bits per heavy atom. The van der Waals surface area contributed by atoms with Crippen molar-refractivity contribution >= 4 is 11.7 Å². The van der Waals surface area contributed by atoms with Crippen molar-refractivity contribution in [3.8, 4) is 5.75 Å². The second kappa shape index (κ2) is 6.00. The van der Waals surface area contributed by atoms with Gasteiger partial charge in [0.25, 0.3) is 0 Å². The highest BCUT2D eigenvalue weighted by atomic mass is 16.5. The van der Waals surface area contributed by atoms with Crippen molar-refractivity contribution in [3.05, 3.63) is 23.8 Å². The molecular weight excluding hydrogens is 206 g/mol. The number of benzene rings is 1. The van der Waals surface area contributed by atoms with E-state index in [4.69, 9.17) is 9.47 Å². The van der Waals surface area contributed by atoms with Crippen LogP contribution in [0.5, 0.6) is 5.75 Å². The Labute approximate surface area is 95.6 Å². The van der Waals surface area contributed by atoms with Gasteiger partial charge >= 0.3 is 5.97 Å². The minimum absolute atomic E-state index is 0.180. The number of hydrogen-bond donors (Lipinski definition) is 1. The maximum atomic E-state index is 11.1. The Bertz CT molecular complexity index is 363. The summed E-state index contributed by atoms with van der Waals surface area (Å²) in [5, 5.41) is 2.99. The first kappa shape index (κ1) is 12.4. The zero-order chi connectivity index (χ0) is 12.0. The molecule has 0 unspecified atom stereocenters. The molecule has 0 aliphatic rings. The van der Waals surface area contributed by atoms with E-state index in [1.807, 2.05) is 25.1 Å². The van der Waals surface area contributed by atoms with Crippen LogP contribution in [-0.2, 0) is 9.53 Å². The van der Waals surface area contributed by atoms with Crippen LogP contribution in [0, 0.1) is 6.92 Å². The van der Waals surface area contributed by atoms with Crippen LogP contribution in [0.15, 0.2) is 18.2 Å². The van der Waals surface area contributed by atoms with Gasteiger partial charge in [-0.25, -0.2) is 0 Å². The van der Waals surface area contributed by atoms with E-state index in [0.717, 1.165) is 17.0 Å². The normalized spacial score (nSPS) is 9.69. The lowest BCUT2D eigenvalue weighted by atomic mass is 10.2. The van der Waals surface area contributed by atoms with Gasteiger partial charge in [-0.3, -0.25) is 4.79 Å². The van der Waals surface area contributed by atoms with Crippen LogP contribution < -0.4 is 10.1 Å². The fraction of sp³-hybridized carbons (Fsp3) is 0.417. The standard InChI is InChI=1S/C12H17NO3/c1-4-16-12(14)8-13-10-5-6-11(15-3)9(2)7-10/h5-7,13H,4,8H2,1-3H3. The Kier molecular flexibility index (Phi) is 4.64. The van der Waals surface area contributed by atoms with E-state index in [2.05, 4.69) is 5.32 Å². The molecule has 1 aromatic rings. The molecule has 0 bridgehead atoms. The number of nitrogens with one attached hydrogen (secondary N) is 1. The molecule has 0 aliphatic heterocycles. The second-order valence-corrected chi connectivity index (χ2v) is 3.34. The van der Waals surface area contributed by atoms with Gasteiger partial charge in [-0.2, -0.15) is 0 Å². The van der Waals surface area contributed by atoms with E-state index in [1.165, 1.54) is 0 Å². The lowest BCUT2D eigenvalue weighted by molar-refractivity contribution is -0.140. The largest absolute Gasteiger partial charge is 0.496 e. The first-order chi connectivity index (χ1) is 7.67. The molecule has 0 heterocycles. The highest BCUT2D eigenvalue weighted by molar-refractivity contribution is 5.75. The van der Waals surface area contributed by atoms with Crippen LogP contribution in [0.2, 0.25) is 0 Å². The van der Waals surface area contributed by atoms with Gasteiger partial charge in [-0.05, 0) is 37.6 Å². The van der Waals surface area contributed by atoms with E-state index < -0.39 is 0 Å². The lowest BCUT2D eigenvalue weighted by Crippen LogP contribution is -2.16. The fourth-order valence-electron chi connectivity index (χ4n) is 1.37. The number of ether oxygens (including phenoxy) is 2. The predicted molar refractivity (Wildman–Crippen MR) is 62.9 cm³/mol. The number of esters is 1. The fourth-order valence-corrected chi connectivity index (χ4v) is 1.37. The van der Waals surface area contributed by atoms with Crippen LogP contribution >= 0.6 is 0 Å². The van der Waals surface area contributed by atoms with Gasteiger partial charge < -0.3 is 14.8 Å². The quantitative estimate of drug-likeness (QED) is 0.775. The van der Waals surface area contributed by atoms with Crippen molar-refractivity contribution < 1.29 is 14.3 Å². The van der Waals surface area contributed by atoms with Crippen LogP contribution in [-0.4, -0.2) is 26.2 Å². The Balaban J connectivity index is 2.55. The molecule has 4 nitrogen and oxygen atoms in total. The lowest BCUT2D eigenvalue weighted by Gasteiger charge is -2.09. The van der Waals surface area contributed by atoms with Crippen LogP contribution in [0.1, 0.15) is 12.5 Å². The molecule has 0 saturated carbocycles. The van der Waals surface area contributed by atoms with E-state index in [0.29, 0.717) is 6.61 Å². The molecule has 1 aromatic carbocycles. The Hall–Kier alpha value is -1.71. The highest BCUT2D eigenvalue weighted by Crippen LogP contribution is 2.21. The van der Waals surface area contributed by atoms with Gasteiger partial charge in [0.1, 0.15) is 12.3 Å². The smallest absolute Gasteiger partial charge is 0.325 e. The van der Waals surface area contributed by atoms with Crippen molar-refractivity contribution in [2.24, 2.45) is 0 Å². The molecule has 0 atom stereocenters. The van der Waals surface area contributed by atoms with E-state index >= 15 is 0 Å². The minimum Gasteiger partial charge on any atom is -0.496 e. The van der Waals surface area contributed by atoms with E-state index in [1.54, 1.807) is 14.0 Å². The van der Waals surface area contributed by atoms with Gasteiger partial charge in [0, 0.05) is 5.69 Å². The summed E-state index contributed by atoms with van der Waals surface area (Å²) in [5.74, 6) is 0.581. The van der Waals surface area contributed by atoms with E-state index in [-0.39, 0.29) is 12.5 Å². The SMILES string of the molecule is CCOC(=O)CNc1ccc(OC)c(C)c1. The third-order valence-corrected chi connectivity index (χ3v) is 2.14. The molecule has 0 aliphatic carbocycles. The van der Waals surface area contributed by atoms with Gasteiger partial charge in [-0.15, -0.1) is 0 Å². The predicted octanol–water partition coefficient (Wildman–Crippen LogP) is 1.98. The molecule has 0 aromatic heterocycles. The van der Waals surface area contributed by atoms with E-state index in [9.17, 15) is 4.79 Å². The van der Waals surface area contributed by atoms with Crippen LogP contribution in [0.25, 0.3) is 0 Å². The monoisotopic (exact) mass is 223 g/mol. The van der Waals surface area contributed by atoms with Gasteiger partial charge in [-0.1, -0.05) is 0 Å². The summed E-state index contributed by atoms with van der Waals surface area (Å²) in [6.45, 7) is 4.32. The van der Waals surface area contributed by atoms with Crippen molar-refractivity contribution in [2.75, 3.05) is 25.6 Å². The molecule has 1 N–H and O–H groups in total. The summed E-state index contributed by atoms with van der Waals surface area (Å²) in [4.78, 5) is 11.1. The molecule has 1 rings (SSSR count). The molecule has 0 spiro atoms. The zero-order valence-corrected chi connectivity index (χ0v) is 9.87. The van der Waals surface area contributed by atoms with Crippen molar-refractivity contribution in [1.29, 1.82) is 0 Å². The van der Waals surface area contributed by atoms with Crippen molar-refractivity contribution in [1.82, 2.24) is 0 Å². The molecule has 0 fully saturated rings. The minimum atomic E-state index is -0.254. The van der Waals surface area contributed by atoms with Crippen molar-refractivity contribution in [2.45, 2.75) is 13.8 Å². The third kappa shape index (κ3) is 3.46. The average molecular weight is 223 g/mol. The number of carbonyl (C=O) groups is 1. The van der Waals surface area contributed by atoms with Gasteiger partial charge in [0.2, 0.25) is 0 Å². The topological polar surface area (TPSA) is 47.6 Å². The zero-order valence-electron chi connectivity index (χ0n) is 9.87. The van der Waals surface area contributed by atoms with Crippen LogP contribution in [0.3, 0.4) is 0 Å². The van der Waals surface area contributed by atoms with Gasteiger partial charge in [0.15, 0.2) is 0 Å². The molecule has 88 valence electrons. The summed E-state index contributed by atoms with van der Waals surface area (Å²) in [5.41, 5.74) is 1.91. The Morgan fingerprint density at radius 3 is 2.75 bits per heavy atom. The summed E-state index contributed by atoms with van der Waals surface area (Å²) >= 11 is 0. The van der Waals surface area contributed by atoms with Crippen molar-refractivity contribution in [3.63, 3.8) is 0 Å². The Morgan fingerprint density at radius 1 is 1.44 bits per heavy atom. The molecule has 0 radical (unpaired) electrons. The number of hydrogen-bond acceptors (Lipinski definition) is 4. The molecule has 16 heavy (non-hydrogen) atoms. The number of carbonyl (C=O) groups excluding carboxylic acids is 1.